The van der Waals surface area contributed by atoms with E-state index in [2.05, 4.69) is 5.32 Å². The lowest BCUT2D eigenvalue weighted by Gasteiger charge is -2.39. The fourth-order valence-corrected chi connectivity index (χ4v) is 2.79. The molecule has 0 saturated carbocycles. The maximum Gasteiger partial charge on any atom is 0.289 e. The summed E-state index contributed by atoms with van der Waals surface area (Å²) in [7, 11) is 0. The standard InChI is InChI=1S/C15H22F2N2O/c1-11-4-3-5-13(12(11)2)14(15(16,17)10-20)19-8-6-18-7-9-19/h3-5,14,18,20H,6-10H2,1-2H3/t14-/m1/s1. The van der Waals surface area contributed by atoms with Crippen LogP contribution in [0.4, 0.5) is 8.78 Å². The molecule has 2 N–H and O–H groups in total. The topological polar surface area (TPSA) is 35.5 Å². The van der Waals surface area contributed by atoms with E-state index in [-0.39, 0.29) is 0 Å². The van der Waals surface area contributed by atoms with Crippen LogP contribution in [-0.4, -0.2) is 48.7 Å². The molecule has 112 valence electrons. The van der Waals surface area contributed by atoms with E-state index in [0.29, 0.717) is 31.7 Å². The van der Waals surface area contributed by atoms with Gasteiger partial charge in [-0.05, 0) is 30.5 Å². The molecule has 0 radical (unpaired) electrons. The third-order valence-electron chi connectivity index (χ3n) is 4.07. The number of aliphatic hydroxyl groups is 1. The van der Waals surface area contributed by atoms with Gasteiger partial charge in [-0.2, -0.15) is 0 Å². The Kier molecular flexibility index (Phi) is 4.73. The smallest absolute Gasteiger partial charge is 0.289 e. The third-order valence-corrected chi connectivity index (χ3v) is 4.07. The van der Waals surface area contributed by atoms with Crippen LogP contribution in [0.2, 0.25) is 0 Å². The zero-order valence-electron chi connectivity index (χ0n) is 12.0. The molecule has 1 saturated heterocycles. The molecular weight excluding hydrogens is 262 g/mol. The Morgan fingerprint density at radius 1 is 1.30 bits per heavy atom. The molecule has 5 heteroatoms. The van der Waals surface area contributed by atoms with Crippen molar-refractivity contribution in [1.29, 1.82) is 0 Å². The summed E-state index contributed by atoms with van der Waals surface area (Å²) in [5, 5.41) is 12.3. The molecule has 0 aliphatic carbocycles. The maximum atomic E-state index is 14.3. The zero-order chi connectivity index (χ0) is 14.8. The Morgan fingerprint density at radius 3 is 2.55 bits per heavy atom. The number of halogens is 2. The second-order valence-corrected chi connectivity index (χ2v) is 5.40. The van der Waals surface area contributed by atoms with Crippen molar-refractivity contribution in [3.8, 4) is 0 Å². The van der Waals surface area contributed by atoms with Gasteiger partial charge in [0.2, 0.25) is 0 Å². The molecule has 20 heavy (non-hydrogen) atoms. The molecule has 1 aromatic carbocycles. The highest BCUT2D eigenvalue weighted by Crippen LogP contribution is 2.38. The van der Waals surface area contributed by atoms with Gasteiger partial charge >= 0.3 is 0 Å². The van der Waals surface area contributed by atoms with Gasteiger partial charge in [-0.25, -0.2) is 8.78 Å². The van der Waals surface area contributed by atoms with Gasteiger partial charge in [-0.15, -0.1) is 0 Å². The van der Waals surface area contributed by atoms with E-state index in [0.717, 1.165) is 11.1 Å². The first kappa shape index (κ1) is 15.4. The van der Waals surface area contributed by atoms with Crippen molar-refractivity contribution in [1.82, 2.24) is 10.2 Å². The minimum atomic E-state index is -3.14. The number of alkyl halides is 2. The fourth-order valence-electron chi connectivity index (χ4n) is 2.79. The normalized spacial score (nSPS) is 19.1. The lowest BCUT2D eigenvalue weighted by atomic mass is 9.92. The van der Waals surface area contributed by atoms with E-state index in [1.54, 1.807) is 17.0 Å². The van der Waals surface area contributed by atoms with Crippen LogP contribution in [0, 0.1) is 13.8 Å². The van der Waals surface area contributed by atoms with Crippen molar-refractivity contribution >= 4 is 0 Å². The molecule has 1 aromatic rings. The molecule has 0 spiro atoms. The van der Waals surface area contributed by atoms with Gasteiger partial charge in [0.05, 0.1) is 0 Å². The summed E-state index contributed by atoms with van der Waals surface area (Å²) in [6.45, 7) is 5.18. The summed E-state index contributed by atoms with van der Waals surface area (Å²) in [6, 6.07) is 4.42. The molecule has 0 aromatic heterocycles. The first-order valence-corrected chi connectivity index (χ1v) is 6.97. The average molecular weight is 284 g/mol. The minimum absolute atomic E-state index is 0.563. The quantitative estimate of drug-likeness (QED) is 0.886. The van der Waals surface area contributed by atoms with E-state index < -0.39 is 18.6 Å². The van der Waals surface area contributed by atoms with Gasteiger partial charge in [0.1, 0.15) is 12.6 Å². The van der Waals surface area contributed by atoms with Crippen LogP contribution >= 0.6 is 0 Å². The number of piperazine rings is 1. The summed E-state index contributed by atoms with van der Waals surface area (Å²) >= 11 is 0. The molecule has 1 fully saturated rings. The number of nitrogens with zero attached hydrogens (tertiary/aromatic N) is 1. The monoisotopic (exact) mass is 284 g/mol. The number of rotatable bonds is 4. The first-order chi connectivity index (χ1) is 9.47. The van der Waals surface area contributed by atoms with E-state index in [1.807, 2.05) is 19.9 Å². The first-order valence-electron chi connectivity index (χ1n) is 6.97. The van der Waals surface area contributed by atoms with Crippen molar-refractivity contribution in [3.05, 3.63) is 34.9 Å². The Labute approximate surface area is 118 Å². The SMILES string of the molecule is Cc1cccc([C@@H](N2CCNCC2)C(F)(F)CO)c1C. The summed E-state index contributed by atoms with van der Waals surface area (Å²) in [5.41, 5.74) is 2.49. The van der Waals surface area contributed by atoms with Gasteiger partial charge in [0.25, 0.3) is 5.92 Å². The van der Waals surface area contributed by atoms with Gasteiger partial charge in [-0.1, -0.05) is 18.2 Å². The van der Waals surface area contributed by atoms with Crippen molar-refractivity contribution < 1.29 is 13.9 Å². The number of nitrogens with one attached hydrogen (secondary N) is 1. The molecular formula is C15H22F2N2O. The van der Waals surface area contributed by atoms with Crippen LogP contribution in [0.3, 0.4) is 0 Å². The molecule has 3 nitrogen and oxygen atoms in total. The van der Waals surface area contributed by atoms with Crippen LogP contribution in [0.15, 0.2) is 18.2 Å². The predicted molar refractivity (Wildman–Crippen MR) is 75.1 cm³/mol. The lowest BCUT2D eigenvalue weighted by molar-refractivity contribution is -0.118. The van der Waals surface area contributed by atoms with Crippen molar-refractivity contribution in [2.45, 2.75) is 25.8 Å². The minimum Gasteiger partial charge on any atom is -0.390 e. The van der Waals surface area contributed by atoms with Gasteiger partial charge in [0.15, 0.2) is 0 Å². The van der Waals surface area contributed by atoms with Crippen molar-refractivity contribution in [2.24, 2.45) is 0 Å². The summed E-state index contributed by atoms with van der Waals surface area (Å²) < 4.78 is 28.6. The molecule has 0 amide bonds. The highest BCUT2D eigenvalue weighted by atomic mass is 19.3. The van der Waals surface area contributed by atoms with E-state index in [4.69, 9.17) is 5.11 Å². The number of hydrogen-bond acceptors (Lipinski definition) is 3. The van der Waals surface area contributed by atoms with Gasteiger partial charge in [0, 0.05) is 26.2 Å². The van der Waals surface area contributed by atoms with Crippen molar-refractivity contribution in [2.75, 3.05) is 32.8 Å². The number of hydrogen-bond donors (Lipinski definition) is 2. The Bertz CT molecular complexity index is 459. The highest BCUT2D eigenvalue weighted by molar-refractivity contribution is 5.36. The second kappa shape index (κ2) is 6.16. The zero-order valence-corrected chi connectivity index (χ0v) is 12.0. The molecule has 1 aliphatic rings. The highest BCUT2D eigenvalue weighted by Gasteiger charge is 2.44. The van der Waals surface area contributed by atoms with E-state index >= 15 is 0 Å². The lowest BCUT2D eigenvalue weighted by Crippen LogP contribution is -2.51. The van der Waals surface area contributed by atoms with Gasteiger partial charge < -0.3 is 10.4 Å². The summed E-state index contributed by atoms with van der Waals surface area (Å²) in [5.74, 6) is -3.14. The van der Waals surface area contributed by atoms with Crippen LogP contribution in [0.5, 0.6) is 0 Å². The van der Waals surface area contributed by atoms with Crippen molar-refractivity contribution in [3.63, 3.8) is 0 Å². The maximum absolute atomic E-state index is 14.3. The van der Waals surface area contributed by atoms with Crippen LogP contribution in [0.25, 0.3) is 0 Å². The number of benzene rings is 1. The molecule has 1 atom stereocenters. The molecule has 1 aliphatic heterocycles. The van der Waals surface area contributed by atoms with E-state index in [9.17, 15) is 8.78 Å². The third kappa shape index (κ3) is 3.00. The number of aryl methyl sites for hydroxylation is 1. The average Bonchev–Trinajstić information content (AvgIpc) is 2.45. The van der Waals surface area contributed by atoms with E-state index in [1.165, 1.54) is 0 Å². The summed E-state index contributed by atoms with van der Waals surface area (Å²) in [6.07, 6.45) is 0. The Hall–Kier alpha value is -1.04. The van der Waals surface area contributed by atoms with Gasteiger partial charge in [-0.3, -0.25) is 4.90 Å². The molecule has 0 bridgehead atoms. The van der Waals surface area contributed by atoms with Crippen LogP contribution < -0.4 is 5.32 Å². The van der Waals surface area contributed by atoms with Crippen LogP contribution in [-0.2, 0) is 0 Å². The molecule has 0 unspecified atom stereocenters. The second-order valence-electron chi connectivity index (χ2n) is 5.40. The molecule has 2 rings (SSSR count). The molecule has 1 heterocycles. The largest absolute Gasteiger partial charge is 0.390 e. The Morgan fingerprint density at radius 2 is 1.95 bits per heavy atom. The Balaban J connectivity index is 2.42. The summed E-state index contributed by atoms with van der Waals surface area (Å²) in [4.78, 5) is 1.77. The fraction of sp³-hybridized carbons (Fsp3) is 0.600. The predicted octanol–water partition coefficient (Wildman–Crippen LogP) is 1.88. The van der Waals surface area contributed by atoms with Crippen LogP contribution in [0.1, 0.15) is 22.7 Å². The number of aliphatic hydroxyl groups excluding tert-OH is 1.